The van der Waals surface area contributed by atoms with Gasteiger partial charge in [-0.2, -0.15) is 0 Å². The second-order valence-corrected chi connectivity index (χ2v) is 8.41. The summed E-state index contributed by atoms with van der Waals surface area (Å²) in [6.07, 6.45) is 0. The van der Waals surface area contributed by atoms with Crippen molar-refractivity contribution in [1.29, 1.82) is 0 Å². The predicted molar refractivity (Wildman–Crippen MR) is 110 cm³/mol. The molecule has 2 saturated heterocycles. The summed E-state index contributed by atoms with van der Waals surface area (Å²) in [7, 11) is 3.66. The monoisotopic (exact) mass is 411 g/mol. The van der Waals surface area contributed by atoms with Crippen LogP contribution >= 0.6 is 0 Å². The molecule has 2 fully saturated rings. The normalized spacial score (nSPS) is 22.0. The molecular weight excluding hydrogens is 385 g/mol. The summed E-state index contributed by atoms with van der Waals surface area (Å²) < 4.78 is 13.2. The van der Waals surface area contributed by atoms with E-state index in [9.17, 15) is 19.1 Å². The number of benzene rings is 2. The second kappa shape index (κ2) is 7.81. The molecule has 2 heterocycles. The van der Waals surface area contributed by atoms with Crippen LogP contribution in [0.3, 0.4) is 0 Å². The number of nitrogens with zero attached hydrogens (tertiary/aromatic N) is 3. The molecule has 2 aromatic rings. The molecule has 2 atom stereocenters. The maximum Gasteiger partial charge on any atom is 0.254 e. The van der Waals surface area contributed by atoms with Gasteiger partial charge in [0.2, 0.25) is 5.91 Å². The molecule has 7 heteroatoms. The van der Waals surface area contributed by atoms with Gasteiger partial charge in [0, 0.05) is 24.6 Å². The van der Waals surface area contributed by atoms with Gasteiger partial charge >= 0.3 is 0 Å². The minimum atomic E-state index is -0.530. The number of aliphatic hydroxyl groups excluding tert-OH is 1. The van der Waals surface area contributed by atoms with Gasteiger partial charge in [-0.3, -0.25) is 9.59 Å². The Balaban J connectivity index is 1.61. The van der Waals surface area contributed by atoms with Crippen LogP contribution in [0.1, 0.15) is 21.8 Å². The number of hydrogen-bond acceptors (Lipinski definition) is 4. The van der Waals surface area contributed by atoms with Crippen LogP contribution in [0.25, 0.3) is 0 Å². The van der Waals surface area contributed by atoms with Crippen LogP contribution in [0, 0.1) is 5.82 Å². The van der Waals surface area contributed by atoms with Crippen LogP contribution in [0.2, 0.25) is 0 Å². The smallest absolute Gasteiger partial charge is 0.254 e. The van der Waals surface area contributed by atoms with Crippen LogP contribution in [-0.2, 0) is 4.79 Å². The maximum atomic E-state index is 13.2. The zero-order valence-corrected chi connectivity index (χ0v) is 17.2. The standard InChI is InChI=1S/C23H26FN3O3/c1-25(2)12-20(29)27-19(13-28)21(16-6-4-3-5-7-16)23(27)14-26(15-23)22(30)17-8-10-18(24)11-9-17/h3-11,19,21,28H,12-15H2,1-2H3/t19-,21+/m1/s1. The van der Waals surface area contributed by atoms with Crippen molar-refractivity contribution in [3.63, 3.8) is 0 Å². The molecular formula is C23H26FN3O3. The summed E-state index contributed by atoms with van der Waals surface area (Å²) in [6.45, 7) is 0.884. The SMILES string of the molecule is CN(C)CC(=O)N1[C@H](CO)[C@H](c2ccccc2)C12CN(C(=O)c1ccc(F)cc1)C2. The summed E-state index contributed by atoms with van der Waals surface area (Å²) >= 11 is 0. The van der Waals surface area contributed by atoms with Crippen molar-refractivity contribution in [3.05, 3.63) is 71.5 Å². The summed E-state index contributed by atoms with van der Waals surface area (Å²) in [6, 6.07) is 15.0. The predicted octanol–water partition coefficient (Wildman–Crippen LogP) is 1.57. The van der Waals surface area contributed by atoms with Gasteiger partial charge in [0.05, 0.1) is 24.7 Å². The van der Waals surface area contributed by atoms with Crippen molar-refractivity contribution in [3.8, 4) is 0 Å². The van der Waals surface area contributed by atoms with Crippen molar-refractivity contribution in [2.75, 3.05) is 40.3 Å². The van der Waals surface area contributed by atoms with E-state index in [1.54, 1.807) is 14.7 Å². The summed E-state index contributed by atoms with van der Waals surface area (Å²) in [5.41, 5.74) is 0.948. The molecule has 0 aromatic heterocycles. The molecule has 4 rings (SSSR count). The van der Waals surface area contributed by atoms with E-state index in [1.807, 2.05) is 44.4 Å². The van der Waals surface area contributed by atoms with Gasteiger partial charge in [-0.1, -0.05) is 30.3 Å². The quantitative estimate of drug-likeness (QED) is 0.811. The van der Waals surface area contributed by atoms with E-state index in [2.05, 4.69) is 0 Å². The molecule has 6 nitrogen and oxygen atoms in total. The van der Waals surface area contributed by atoms with Gasteiger partial charge in [0.15, 0.2) is 0 Å². The third kappa shape index (κ3) is 3.28. The minimum Gasteiger partial charge on any atom is -0.394 e. The van der Waals surface area contributed by atoms with Crippen LogP contribution in [0.15, 0.2) is 54.6 Å². The molecule has 0 unspecified atom stereocenters. The number of rotatable bonds is 5. The van der Waals surface area contributed by atoms with E-state index >= 15 is 0 Å². The van der Waals surface area contributed by atoms with Crippen molar-refractivity contribution in [1.82, 2.24) is 14.7 Å². The molecule has 0 bridgehead atoms. The van der Waals surface area contributed by atoms with Gasteiger partial charge in [-0.05, 0) is 43.9 Å². The van der Waals surface area contributed by atoms with Crippen LogP contribution in [-0.4, -0.2) is 83.5 Å². The number of halogens is 1. The molecule has 0 aliphatic carbocycles. The van der Waals surface area contributed by atoms with Crippen molar-refractivity contribution >= 4 is 11.8 Å². The number of likely N-dealkylation sites (tertiary alicyclic amines) is 2. The second-order valence-electron chi connectivity index (χ2n) is 8.41. The Kier molecular flexibility index (Phi) is 5.34. The van der Waals surface area contributed by atoms with Crippen molar-refractivity contribution in [2.24, 2.45) is 0 Å². The Labute approximate surface area is 175 Å². The number of likely N-dealkylation sites (N-methyl/N-ethyl adjacent to an activating group) is 1. The van der Waals surface area contributed by atoms with Gasteiger partial charge in [0.25, 0.3) is 5.91 Å². The average Bonchev–Trinajstić information content (AvgIpc) is 2.67. The average molecular weight is 411 g/mol. The molecule has 30 heavy (non-hydrogen) atoms. The van der Waals surface area contributed by atoms with E-state index in [0.29, 0.717) is 18.7 Å². The molecule has 0 saturated carbocycles. The van der Waals surface area contributed by atoms with Crippen LogP contribution in [0.5, 0.6) is 0 Å². The number of hydrogen-bond donors (Lipinski definition) is 1. The Morgan fingerprint density at radius 3 is 2.30 bits per heavy atom. The van der Waals surface area contributed by atoms with Crippen LogP contribution < -0.4 is 0 Å². The minimum absolute atomic E-state index is 0.0490. The Bertz CT molecular complexity index is 926. The Hall–Kier alpha value is -2.77. The van der Waals surface area contributed by atoms with E-state index < -0.39 is 5.54 Å². The number of amides is 2. The molecule has 0 radical (unpaired) electrons. The first-order valence-corrected chi connectivity index (χ1v) is 10.0. The zero-order valence-electron chi connectivity index (χ0n) is 17.2. The zero-order chi connectivity index (χ0) is 21.5. The fourth-order valence-electron chi connectivity index (χ4n) is 4.95. The molecule has 2 aliphatic heterocycles. The van der Waals surface area contributed by atoms with Gasteiger partial charge < -0.3 is 19.8 Å². The Morgan fingerprint density at radius 2 is 1.73 bits per heavy atom. The highest BCUT2D eigenvalue weighted by atomic mass is 19.1. The first kappa shape index (κ1) is 20.5. The number of carbonyl (C=O) groups is 2. The van der Waals surface area contributed by atoms with Crippen molar-refractivity contribution < 1.29 is 19.1 Å². The summed E-state index contributed by atoms with van der Waals surface area (Å²) in [4.78, 5) is 31.1. The van der Waals surface area contributed by atoms with E-state index in [-0.39, 0.29) is 42.7 Å². The first-order chi connectivity index (χ1) is 14.4. The molecule has 1 spiro atoms. The highest BCUT2D eigenvalue weighted by molar-refractivity contribution is 5.95. The lowest BCUT2D eigenvalue weighted by Gasteiger charge is -2.70. The number of carbonyl (C=O) groups excluding carboxylic acids is 2. The maximum absolute atomic E-state index is 13.2. The summed E-state index contributed by atoms with van der Waals surface area (Å²) in [5.74, 6) is -0.673. The Morgan fingerprint density at radius 1 is 1.10 bits per heavy atom. The molecule has 2 amide bonds. The fourth-order valence-corrected chi connectivity index (χ4v) is 4.95. The highest BCUT2D eigenvalue weighted by Crippen LogP contribution is 2.54. The largest absolute Gasteiger partial charge is 0.394 e. The van der Waals surface area contributed by atoms with E-state index in [0.717, 1.165) is 5.56 Å². The first-order valence-electron chi connectivity index (χ1n) is 10.0. The summed E-state index contributed by atoms with van der Waals surface area (Å²) in [5, 5.41) is 10.1. The topological polar surface area (TPSA) is 64.1 Å². The van der Waals surface area contributed by atoms with E-state index in [1.165, 1.54) is 24.3 Å². The third-order valence-corrected chi connectivity index (χ3v) is 6.15. The lowest BCUT2D eigenvalue weighted by molar-refractivity contribution is -0.194. The van der Waals surface area contributed by atoms with Crippen LogP contribution in [0.4, 0.5) is 4.39 Å². The van der Waals surface area contributed by atoms with Gasteiger partial charge in [-0.25, -0.2) is 4.39 Å². The van der Waals surface area contributed by atoms with Gasteiger partial charge in [0.1, 0.15) is 5.82 Å². The van der Waals surface area contributed by atoms with Crippen molar-refractivity contribution in [2.45, 2.75) is 17.5 Å². The molecule has 158 valence electrons. The molecule has 2 aliphatic rings. The lowest BCUT2D eigenvalue weighted by Crippen LogP contribution is -2.86. The van der Waals surface area contributed by atoms with Gasteiger partial charge in [-0.15, -0.1) is 0 Å². The fraction of sp³-hybridized carbons (Fsp3) is 0.391. The lowest BCUT2D eigenvalue weighted by atomic mass is 9.60. The van der Waals surface area contributed by atoms with E-state index in [4.69, 9.17) is 0 Å². The molecule has 1 N–H and O–H groups in total. The molecule has 2 aromatic carbocycles. The number of aliphatic hydroxyl groups is 1. The third-order valence-electron chi connectivity index (χ3n) is 6.15. The highest BCUT2D eigenvalue weighted by Gasteiger charge is 2.67.